The van der Waals surface area contributed by atoms with E-state index in [0.29, 0.717) is 0 Å². The first kappa shape index (κ1) is 24.7. The van der Waals surface area contributed by atoms with Gasteiger partial charge in [-0.1, -0.05) is 53.9 Å². The van der Waals surface area contributed by atoms with Crippen molar-refractivity contribution in [3.8, 4) is 0 Å². The maximum absolute atomic E-state index is 11.5. The number of nitrogens with zero attached hydrogens (tertiary/aromatic N) is 2. The molecule has 0 unspecified atom stereocenters. The van der Waals surface area contributed by atoms with E-state index >= 15 is 0 Å². The van der Waals surface area contributed by atoms with E-state index in [1.807, 2.05) is 32.6 Å². The van der Waals surface area contributed by atoms with E-state index in [0.717, 1.165) is 25.9 Å². The molecule has 0 bridgehead atoms. The van der Waals surface area contributed by atoms with Crippen molar-refractivity contribution in [1.82, 2.24) is 9.80 Å². The molecule has 1 heterocycles. The summed E-state index contributed by atoms with van der Waals surface area (Å²) in [6.45, 7) is 17.6. The summed E-state index contributed by atoms with van der Waals surface area (Å²) in [6.07, 6.45) is 10.2. The van der Waals surface area contributed by atoms with Gasteiger partial charge < -0.3 is 9.80 Å². The third kappa shape index (κ3) is 14.7. The highest BCUT2D eigenvalue weighted by molar-refractivity contribution is 5.73. The van der Waals surface area contributed by atoms with Crippen LogP contribution in [0, 0.1) is 0 Å². The van der Waals surface area contributed by atoms with Crippen LogP contribution in [0.2, 0.25) is 0 Å². The number of rotatable bonds is 9. The number of carbonyl (C=O) groups excluding carboxylic acids is 1. The Kier molecular flexibility index (Phi) is 20.9. The van der Waals surface area contributed by atoms with Crippen LogP contribution in [0.1, 0.15) is 92.9 Å². The van der Waals surface area contributed by atoms with Crippen LogP contribution in [0.4, 0.5) is 0 Å². The number of hydrogen-bond acceptors (Lipinski definition) is 2. The van der Waals surface area contributed by atoms with Gasteiger partial charge in [0.05, 0.1) is 0 Å². The molecule has 0 radical (unpaired) electrons. The average Bonchev–Trinajstić information content (AvgIpc) is 2.61. The van der Waals surface area contributed by atoms with Crippen LogP contribution in [0.5, 0.6) is 0 Å². The van der Waals surface area contributed by atoms with Crippen molar-refractivity contribution >= 4 is 5.91 Å². The fourth-order valence-corrected chi connectivity index (χ4v) is 2.77. The first-order valence-corrected chi connectivity index (χ1v) is 10.2. The van der Waals surface area contributed by atoms with Crippen molar-refractivity contribution in [3.63, 3.8) is 0 Å². The van der Waals surface area contributed by atoms with Crippen LogP contribution in [0.15, 0.2) is 0 Å². The molecule has 0 N–H and O–H groups in total. The standard InChI is InChI=1S/C16H32N2O.2C2H6/c1-3-4-14-18(16(2)19)15-10-6-9-13-17-11-7-5-8-12-17;2*1-2/h3-15H2,1-2H3;2*1-2H3. The van der Waals surface area contributed by atoms with Crippen LogP contribution in [-0.2, 0) is 4.79 Å². The fraction of sp³-hybridized carbons (Fsp3) is 0.950. The lowest BCUT2D eigenvalue weighted by Crippen LogP contribution is -2.31. The molecule has 1 saturated heterocycles. The number of carbonyl (C=O) groups is 1. The number of unbranched alkanes of at least 4 members (excludes halogenated alkanes) is 3. The Morgan fingerprint density at radius 3 is 1.96 bits per heavy atom. The van der Waals surface area contributed by atoms with Gasteiger partial charge in [0.15, 0.2) is 0 Å². The third-order valence-corrected chi connectivity index (χ3v) is 4.08. The molecule has 1 aliphatic heterocycles. The molecule has 0 aromatic carbocycles. The van der Waals surface area contributed by atoms with Crippen molar-refractivity contribution in [3.05, 3.63) is 0 Å². The number of hydrogen-bond donors (Lipinski definition) is 0. The number of likely N-dealkylation sites (tertiary alicyclic amines) is 1. The van der Waals surface area contributed by atoms with Gasteiger partial charge in [0.25, 0.3) is 0 Å². The van der Waals surface area contributed by atoms with E-state index < -0.39 is 0 Å². The van der Waals surface area contributed by atoms with Gasteiger partial charge in [-0.05, 0) is 51.7 Å². The van der Waals surface area contributed by atoms with Crippen molar-refractivity contribution in [2.24, 2.45) is 0 Å². The zero-order chi connectivity index (χ0) is 17.9. The molecule has 3 heteroatoms. The van der Waals surface area contributed by atoms with Crippen LogP contribution in [-0.4, -0.2) is 48.4 Å². The molecule has 140 valence electrons. The number of amides is 1. The summed E-state index contributed by atoms with van der Waals surface area (Å²) in [6, 6.07) is 0. The Labute approximate surface area is 146 Å². The van der Waals surface area contributed by atoms with Gasteiger partial charge in [0.1, 0.15) is 0 Å². The molecule has 1 rings (SSSR count). The molecule has 0 aromatic rings. The van der Waals surface area contributed by atoms with Crippen molar-refractivity contribution < 1.29 is 4.79 Å². The highest BCUT2D eigenvalue weighted by atomic mass is 16.2. The Morgan fingerprint density at radius 2 is 1.43 bits per heavy atom. The Balaban J connectivity index is 0. The zero-order valence-electron chi connectivity index (χ0n) is 17.0. The second kappa shape index (κ2) is 19.5. The number of piperidine rings is 1. The van der Waals surface area contributed by atoms with Crippen molar-refractivity contribution in [2.75, 3.05) is 32.7 Å². The summed E-state index contributed by atoms with van der Waals surface area (Å²) in [5, 5.41) is 0. The third-order valence-electron chi connectivity index (χ3n) is 4.08. The molecule has 1 fully saturated rings. The van der Waals surface area contributed by atoms with Gasteiger partial charge in [-0.3, -0.25) is 4.79 Å². The van der Waals surface area contributed by atoms with Crippen LogP contribution < -0.4 is 0 Å². The van der Waals surface area contributed by atoms with E-state index in [-0.39, 0.29) is 5.91 Å². The lowest BCUT2D eigenvalue weighted by Gasteiger charge is -2.26. The van der Waals surface area contributed by atoms with Gasteiger partial charge in [-0.2, -0.15) is 0 Å². The topological polar surface area (TPSA) is 23.6 Å². The van der Waals surface area contributed by atoms with E-state index in [9.17, 15) is 4.79 Å². The minimum absolute atomic E-state index is 0.240. The fourth-order valence-electron chi connectivity index (χ4n) is 2.77. The first-order chi connectivity index (χ1) is 11.2. The van der Waals surface area contributed by atoms with Gasteiger partial charge in [-0.25, -0.2) is 0 Å². The van der Waals surface area contributed by atoms with E-state index in [1.54, 1.807) is 6.92 Å². The highest BCUT2D eigenvalue weighted by Crippen LogP contribution is 2.10. The summed E-state index contributed by atoms with van der Waals surface area (Å²) in [5.74, 6) is 0.240. The largest absolute Gasteiger partial charge is 0.343 e. The Bertz CT molecular complexity index is 238. The van der Waals surface area contributed by atoms with Gasteiger partial charge in [0, 0.05) is 20.0 Å². The molecule has 0 spiro atoms. The molecule has 1 amide bonds. The molecule has 0 aromatic heterocycles. The summed E-state index contributed by atoms with van der Waals surface area (Å²) < 4.78 is 0. The molecule has 23 heavy (non-hydrogen) atoms. The maximum atomic E-state index is 11.5. The second-order valence-corrected chi connectivity index (χ2v) is 5.82. The summed E-state index contributed by atoms with van der Waals surface area (Å²) >= 11 is 0. The quantitative estimate of drug-likeness (QED) is 0.533. The Hall–Kier alpha value is -0.570. The normalized spacial score (nSPS) is 14.2. The maximum Gasteiger partial charge on any atom is 0.219 e. The predicted octanol–water partition coefficient (Wildman–Crippen LogP) is 5.34. The lowest BCUT2D eigenvalue weighted by atomic mass is 10.1. The molecule has 0 atom stereocenters. The summed E-state index contributed by atoms with van der Waals surface area (Å²) in [5.41, 5.74) is 0. The van der Waals surface area contributed by atoms with Crippen LogP contribution >= 0.6 is 0 Å². The predicted molar refractivity (Wildman–Crippen MR) is 104 cm³/mol. The van der Waals surface area contributed by atoms with E-state index in [4.69, 9.17) is 0 Å². The lowest BCUT2D eigenvalue weighted by molar-refractivity contribution is -0.129. The van der Waals surface area contributed by atoms with Crippen LogP contribution in [0.3, 0.4) is 0 Å². The van der Waals surface area contributed by atoms with E-state index in [2.05, 4.69) is 11.8 Å². The highest BCUT2D eigenvalue weighted by Gasteiger charge is 2.10. The van der Waals surface area contributed by atoms with Crippen LogP contribution in [0.25, 0.3) is 0 Å². The van der Waals surface area contributed by atoms with Gasteiger partial charge in [0.2, 0.25) is 5.91 Å². The minimum atomic E-state index is 0.240. The molecule has 0 saturated carbocycles. The summed E-state index contributed by atoms with van der Waals surface area (Å²) in [7, 11) is 0. The zero-order valence-corrected chi connectivity index (χ0v) is 17.0. The smallest absolute Gasteiger partial charge is 0.219 e. The van der Waals surface area contributed by atoms with E-state index in [1.165, 1.54) is 58.2 Å². The molecule has 0 aliphatic carbocycles. The SMILES string of the molecule is CC.CC.CCCCN(CCCCCN1CCCCC1)C(C)=O. The van der Waals surface area contributed by atoms with Gasteiger partial charge in [-0.15, -0.1) is 0 Å². The second-order valence-electron chi connectivity index (χ2n) is 5.82. The van der Waals surface area contributed by atoms with Crippen molar-refractivity contribution in [2.45, 2.75) is 92.9 Å². The average molecular weight is 329 g/mol. The monoisotopic (exact) mass is 328 g/mol. The van der Waals surface area contributed by atoms with Gasteiger partial charge >= 0.3 is 0 Å². The first-order valence-electron chi connectivity index (χ1n) is 10.2. The molecule has 3 nitrogen and oxygen atoms in total. The Morgan fingerprint density at radius 1 is 0.870 bits per heavy atom. The minimum Gasteiger partial charge on any atom is -0.343 e. The molecule has 1 aliphatic rings. The molecular formula is C20H44N2O. The van der Waals surface area contributed by atoms with Crippen molar-refractivity contribution in [1.29, 1.82) is 0 Å². The molecular weight excluding hydrogens is 284 g/mol. The summed E-state index contributed by atoms with van der Waals surface area (Å²) in [4.78, 5) is 16.1.